The lowest BCUT2D eigenvalue weighted by molar-refractivity contribution is -0.111. The van der Waals surface area contributed by atoms with Crippen molar-refractivity contribution in [3.05, 3.63) is 84.4 Å². The van der Waals surface area contributed by atoms with Gasteiger partial charge < -0.3 is 14.8 Å². The Morgan fingerprint density at radius 1 is 0.938 bits per heavy atom. The normalized spacial score (nSPS) is 11.2. The SMILES string of the molecule is CCOc1ccc(NS(=O)(=O)c2ccc(NC(=O)/C=C/c3ccccc3OC)cc2)cc1. The summed E-state index contributed by atoms with van der Waals surface area (Å²) in [5.74, 6) is 0.973. The maximum absolute atomic E-state index is 12.6. The van der Waals surface area contributed by atoms with Crippen molar-refractivity contribution in [1.82, 2.24) is 0 Å². The van der Waals surface area contributed by atoms with E-state index in [-0.39, 0.29) is 10.8 Å². The molecule has 1 amide bonds. The zero-order valence-electron chi connectivity index (χ0n) is 17.7. The number of benzene rings is 3. The second-order valence-corrected chi connectivity index (χ2v) is 8.33. The van der Waals surface area contributed by atoms with Crippen molar-refractivity contribution < 1.29 is 22.7 Å². The predicted molar refractivity (Wildman–Crippen MR) is 126 cm³/mol. The summed E-state index contributed by atoms with van der Waals surface area (Å²) in [7, 11) is -2.21. The summed E-state index contributed by atoms with van der Waals surface area (Å²) in [6.45, 7) is 2.41. The molecule has 0 fully saturated rings. The van der Waals surface area contributed by atoms with Gasteiger partial charge >= 0.3 is 0 Å². The van der Waals surface area contributed by atoms with Crippen LogP contribution in [0.1, 0.15) is 12.5 Å². The van der Waals surface area contributed by atoms with Crippen molar-refractivity contribution in [2.45, 2.75) is 11.8 Å². The monoisotopic (exact) mass is 452 g/mol. The van der Waals surface area contributed by atoms with E-state index in [9.17, 15) is 13.2 Å². The minimum atomic E-state index is -3.77. The summed E-state index contributed by atoms with van der Waals surface area (Å²) in [4.78, 5) is 12.3. The van der Waals surface area contributed by atoms with Crippen LogP contribution in [0.25, 0.3) is 6.08 Å². The summed E-state index contributed by atoms with van der Waals surface area (Å²) in [6, 6.07) is 19.9. The maximum Gasteiger partial charge on any atom is 0.261 e. The van der Waals surface area contributed by atoms with Gasteiger partial charge in [0.2, 0.25) is 5.91 Å². The van der Waals surface area contributed by atoms with E-state index in [4.69, 9.17) is 9.47 Å². The lowest BCUT2D eigenvalue weighted by Crippen LogP contribution is -2.13. The number of para-hydroxylation sites is 1. The van der Waals surface area contributed by atoms with Crippen molar-refractivity contribution in [1.29, 1.82) is 0 Å². The molecule has 2 N–H and O–H groups in total. The average Bonchev–Trinajstić information content (AvgIpc) is 2.79. The summed E-state index contributed by atoms with van der Waals surface area (Å²) in [5, 5.41) is 2.70. The molecule has 0 saturated carbocycles. The second kappa shape index (κ2) is 10.5. The van der Waals surface area contributed by atoms with E-state index in [2.05, 4.69) is 10.0 Å². The van der Waals surface area contributed by atoms with Gasteiger partial charge in [-0.15, -0.1) is 0 Å². The molecule has 166 valence electrons. The number of ether oxygens (including phenoxy) is 2. The van der Waals surface area contributed by atoms with Crippen LogP contribution in [0.15, 0.2) is 83.8 Å². The Kier molecular flexibility index (Phi) is 7.51. The average molecular weight is 453 g/mol. The Morgan fingerprint density at radius 2 is 1.59 bits per heavy atom. The molecule has 0 radical (unpaired) electrons. The first kappa shape index (κ1) is 22.9. The molecule has 0 heterocycles. The number of nitrogens with one attached hydrogen (secondary N) is 2. The number of carbonyl (C=O) groups excluding carboxylic acids is 1. The molecule has 32 heavy (non-hydrogen) atoms. The topological polar surface area (TPSA) is 93.7 Å². The van der Waals surface area contributed by atoms with E-state index in [1.165, 1.54) is 30.3 Å². The highest BCUT2D eigenvalue weighted by molar-refractivity contribution is 7.92. The van der Waals surface area contributed by atoms with E-state index in [1.807, 2.05) is 25.1 Å². The van der Waals surface area contributed by atoms with Crippen LogP contribution >= 0.6 is 0 Å². The van der Waals surface area contributed by atoms with Crippen molar-refractivity contribution in [3.8, 4) is 11.5 Å². The Bertz CT molecular complexity index is 1190. The molecule has 8 heteroatoms. The van der Waals surface area contributed by atoms with Gasteiger partial charge in [0.1, 0.15) is 11.5 Å². The van der Waals surface area contributed by atoms with Crippen LogP contribution in [0.5, 0.6) is 11.5 Å². The fraction of sp³-hybridized carbons (Fsp3) is 0.125. The number of amides is 1. The molecule has 0 atom stereocenters. The molecular weight excluding hydrogens is 428 g/mol. The first-order valence-electron chi connectivity index (χ1n) is 9.89. The van der Waals surface area contributed by atoms with Gasteiger partial charge in [-0.1, -0.05) is 18.2 Å². The van der Waals surface area contributed by atoms with E-state index < -0.39 is 10.0 Å². The van der Waals surface area contributed by atoms with Crippen LogP contribution < -0.4 is 19.5 Å². The van der Waals surface area contributed by atoms with Gasteiger partial charge in [0.15, 0.2) is 0 Å². The third-order valence-electron chi connectivity index (χ3n) is 4.40. The zero-order valence-corrected chi connectivity index (χ0v) is 18.6. The van der Waals surface area contributed by atoms with Crippen molar-refractivity contribution in [2.75, 3.05) is 23.8 Å². The van der Waals surface area contributed by atoms with E-state index in [0.717, 1.165) is 5.56 Å². The Morgan fingerprint density at radius 3 is 2.25 bits per heavy atom. The summed E-state index contributed by atoms with van der Waals surface area (Å²) < 4.78 is 38.3. The Balaban J connectivity index is 1.63. The number of rotatable bonds is 9. The summed E-state index contributed by atoms with van der Waals surface area (Å²) in [5.41, 5.74) is 1.67. The van der Waals surface area contributed by atoms with Gasteiger partial charge in [-0.25, -0.2) is 8.42 Å². The van der Waals surface area contributed by atoms with Crippen LogP contribution in [0.3, 0.4) is 0 Å². The molecule has 3 aromatic carbocycles. The molecule has 0 spiro atoms. The van der Waals surface area contributed by atoms with E-state index >= 15 is 0 Å². The molecule has 0 bridgehead atoms. The van der Waals surface area contributed by atoms with E-state index in [0.29, 0.717) is 29.5 Å². The summed E-state index contributed by atoms with van der Waals surface area (Å²) >= 11 is 0. The Hall–Kier alpha value is -3.78. The quantitative estimate of drug-likeness (QED) is 0.465. The van der Waals surface area contributed by atoms with Gasteiger partial charge in [0, 0.05) is 23.0 Å². The van der Waals surface area contributed by atoms with E-state index in [1.54, 1.807) is 43.5 Å². The van der Waals surface area contributed by atoms with Gasteiger partial charge in [-0.05, 0) is 67.6 Å². The molecule has 3 aromatic rings. The number of hydrogen-bond donors (Lipinski definition) is 2. The largest absolute Gasteiger partial charge is 0.496 e. The minimum Gasteiger partial charge on any atom is -0.496 e. The van der Waals surface area contributed by atoms with Crippen LogP contribution in [0.2, 0.25) is 0 Å². The molecular formula is C24H24N2O5S. The fourth-order valence-corrected chi connectivity index (χ4v) is 3.93. The first-order valence-corrected chi connectivity index (χ1v) is 11.4. The molecule has 0 aromatic heterocycles. The fourth-order valence-electron chi connectivity index (χ4n) is 2.87. The third-order valence-corrected chi connectivity index (χ3v) is 5.80. The van der Waals surface area contributed by atoms with Crippen LogP contribution in [-0.4, -0.2) is 28.0 Å². The van der Waals surface area contributed by atoms with Crippen LogP contribution in [0, 0.1) is 0 Å². The third kappa shape index (κ3) is 6.12. The molecule has 0 aliphatic rings. The summed E-state index contributed by atoms with van der Waals surface area (Å²) in [6.07, 6.45) is 3.03. The zero-order chi connectivity index (χ0) is 23.0. The van der Waals surface area contributed by atoms with Crippen molar-refractivity contribution in [3.63, 3.8) is 0 Å². The predicted octanol–water partition coefficient (Wildman–Crippen LogP) is 4.55. The minimum absolute atomic E-state index is 0.0777. The highest BCUT2D eigenvalue weighted by atomic mass is 32.2. The Labute approximate surface area is 187 Å². The number of hydrogen-bond acceptors (Lipinski definition) is 5. The number of sulfonamides is 1. The lowest BCUT2D eigenvalue weighted by Gasteiger charge is -2.10. The standard InChI is InChI=1S/C24H24N2O5S/c1-3-31-21-13-9-20(10-14-21)26-32(28,29)22-15-11-19(12-16-22)25-24(27)17-8-18-6-4-5-7-23(18)30-2/h4-17,26H,3H2,1-2H3,(H,25,27)/b17-8+. The first-order chi connectivity index (χ1) is 15.4. The molecule has 0 unspecified atom stereocenters. The lowest BCUT2D eigenvalue weighted by atomic mass is 10.2. The maximum atomic E-state index is 12.6. The van der Waals surface area contributed by atoms with Gasteiger partial charge in [-0.2, -0.15) is 0 Å². The van der Waals surface area contributed by atoms with Crippen molar-refractivity contribution >= 4 is 33.4 Å². The smallest absolute Gasteiger partial charge is 0.261 e. The van der Waals surface area contributed by atoms with Gasteiger partial charge in [-0.3, -0.25) is 9.52 Å². The van der Waals surface area contributed by atoms with Crippen LogP contribution in [-0.2, 0) is 14.8 Å². The van der Waals surface area contributed by atoms with Crippen molar-refractivity contribution in [2.24, 2.45) is 0 Å². The second-order valence-electron chi connectivity index (χ2n) is 6.65. The highest BCUT2D eigenvalue weighted by Gasteiger charge is 2.14. The molecule has 7 nitrogen and oxygen atoms in total. The number of carbonyl (C=O) groups is 1. The van der Waals surface area contributed by atoms with Crippen LogP contribution in [0.4, 0.5) is 11.4 Å². The van der Waals surface area contributed by atoms with Gasteiger partial charge in [0.05, 0.1) is 18.6 Å². The highest BCUT2D eigenvalue weighted by Crippen LogP contribution is 2.21. The molecule has 0 aliphatic heterocycles. The number of anilines is 2. The molecule has 0 aliphatic carbocycles. The molecule has 3 rings (SSSR count). The van der Waals surface area contributed by atoms with Gasteiger partial charge in [0.25, 0.3) is 10.0 Å². The number of methoxy groups -OCH3 is 1. The molecule has 0 saturated heterocycles.